The summed E-state index contributed by atoms with van der Waals surface area (Å²) in [7, 11) is 1.47. The quantitative estimate of drug-likeness (QED) is 0.413. The molecule has 178 valence electrons. The molecule has 1 aromatic carbocycles. The maximum atomic E-state index is 14.2. The number of nitrogens with one attached hydrogen (secondary N) is 1. The van der Waals surface area contributed by atoms with Gasteiger partial charge in [-0.15, -0.1) is 0 Å². The fourth-order valence-electron chi connectivity index (χ4n) is 4.07. The molecule has 2 unspecified atom stereocenters. The van der Waals surface area contributed by atoms with Crippen LogP contribution in [-0.2, 0) is 20.9 Å². The summed E-state index contributed by atoms with van der Waals surface area (Å²) in [5, 5.41) is 36.6. The summed E-state index contributed by atoms with van der Waals surface area (Å²) < 4.78 is 33.1. The molecule has 0 aliphatic carbocycles. The number of amides is 2. The van der Waals surface area contributed by atoms with Gasteiger partial charge in [0.25, 0.3) is 11.8 Å². The van der Waals surface area contributed by atoms with E-state index in [2.05, 4.69) is 5.32 Å². The zero-order valence-corrected chi connectivity index (χ0v) is 18.1. The van der Waals surface area contributed by atoms with Gasteiger partial charge in [-0.25, -0.2) is 8.78 Å². The average molecular weight is 487 g/mol. The number of aliphatic hydroxyl groups is 3. The summed E-state index contributed by atoms with van der Waals surface area (Å²) in [6.45, 7) is -0.160. The van der Waals surface area contributed by atoms with Crippen molar-refractivity contribution in [1.82, 2.24) is 20.2 Å². The molecule has 3 aliphatic heterocycles. The van der Waals surface area contributed by atoms with Crippen molar-refractivity contribution in [2.24, 2.45) is 0 Å². The number of hydrogen-bond acceptors (Lipinski definition) is 8. The van der Waals surface area contributed by atoms with E-state index >= 15 is 0 Å². The lowest BCUT2D eigenvalue weighted by Gasteiger charge is -2.44. The molecule has 0 radical (unpaired) electrons. The van der Waals surface area contributed by atoms with Crippen LogP contribution in [0.2, 0.25) is 5.02 Å². The Morgan fingerprint density at radius 1 is 1.33 bits per heavy atom. The Morgan fingerprint density at radius 3 is 2.76 bits per heavy atom. The molecule has 3 aliphatic rings. The van der Waals surface area contributed by atoms with Crippen LogP contribution in [0.4, 0.5) is 8.78 Å². The lowest BCUT2D eigenvalue weighted by molar-refractivity contribution is -0.145. The Kier molecular flexibility index (Phi) is 6.29. The van der Waals surface area contributed by atoms with Gasteiger partial charge in [0, 0.05) is 25.8 Å². The molecule has 4 N–H and O–H groups in total. The summed E-state index contributed by atoms with van der Waals surface area (Å²) in [6.07, 6.45) is -3.22. The summed E-state index contributed by atoms with van der Waals surface area (Å²) in [4.78, 5) is 27.2. The average Bonchev–Trinajstić information content (AvgIpc) is 3.09. The van der Waals surface area contributed by atoms with Crippen molar-refractivity contribution in [3.05, 3.63) is 57.1 Å². The van der Waals surface area contributed by atoms with Crippen molar-refractivity contribution in [1.29, 1.82) is 0 Å². The van der Waals surface area contributed by atoms with Crippen LogP contribution in [0.15, 0.2) is 34.9 Å². The van der Waals surface area contributed by atoms with Gasteiger partial charge < -0.3 is 30.3 Å². The van der Waals surface area contributed by atoms with Crippen LogP contribution >= 0.6 is 11.6 Å². The summed E-state index contributed by atoms with van der Waals surface area (Å²) >= 11 is 5.66. The topological polar surface area (TPSA) is 126 Å². The minimum Gasteiger partial charge on any atom is -0.507 e. The maximum absolute atomic E-state index is 14.2. The molecule has 0 saturated carbocycles. The molecule has 0 aromatic heterocycles. The van der Waals surface area contributed by atoms with Crippen molar-refractivity contribution in [2.45, 2.75) is 18.8 Å². The van der Waals surface area contributed by atoms with Crippen LogP contribution in [0.25, 0.3) is 0 Å². The second kappa shape index (κ2) is 8.88. The third-order valence-corrected chi connectivity index (χ3v) is 5.96. The third kappa shape index (κ3) is 3.83. The number of ether oxygens (including phenoxy) is 1. The molecule has 2 saturated heterocycles. The van der Waals surface area contributed by atoms with E-state index in [1.165, 1.54) is 22.0 Å². The SMILES string of the molecule is COCCN1CN2CC(O)C3=C(C(=O)NCc4c(F)ccc(Cl)c4F)C(O)C(O)=C(C1=O)N32. The Labute approximate surface area is 191 Å². The predicted octanol–water partition coefficient (Wildman–Crippen LogP) is -0.0278. The van der Waals surface area contributed by atoms with Crippen LogP contribution in [-0.4, -0.2) is 87.7 Å². The standard InChI is InChI=1S/C20H21ClF2N4O6/c1-33-5-4-25-8-26-7-12(28)15-13(17(29)18(30)16(20(25)32)27(15)26)19(31)24-6-9-11(22)3-2-10(21)14(9)23/h2-3,12,17,28-30H,4-8H2,1H3,(H,24,31). The molecular formula is C20H21ClF2N4O6. The highest BCUT2D eigenvalue weighted by Crippen LogP contribution is 2.40. The highest BCUT2D eigenvalue weighted by atomic mass is 35.5. The molecule has 2 atom stereocenters. The summed E-state index contributed by atoms with van der Waals surface area (Å²) in [6, 6.07) is 1.97. The van der Waals surface area contributed by atoms with Gasteiger partial charge in [0.1, 0.15) is 23.8 Å². The lowest BCUT2D eigenvalue weighted by atomic mass is 9.96. The molecule has 0 bridgehead atoms. The largest absolute Gasteiger partial charge is 0.507 e. The molecular weight excluding hydrogens is 466 g/mol. The number of rotatable bonds is 6. The molecule has 10 nitrogen and oxygen atoms in total. The Balaban J connectivity index is 1.65. The number of carbonyl (C=O) groups excluding carboxylic acids is 2. The Hall–Kier alpha value is -2.77. The monoisotopic (exact) mass is 486 g/mol. The molecule has 3 heterocycles. The van der Waals surface area contributed by atoms with E-state index < -0.39 is 59.1 Å². The zero-order valence-electron chi connectivity index (χ0n) is 17.4. The number of nitrogens with zero attached hydrogens (tertiary/aromatic N) is 3. The number of halogens is 3. The van der Waals surface area contributed by atoms with Gasteiger partial charge in [-0.2, -0.15) is 5.01 Å². The molecule has 0 spiro atoms. The van der Waals surface area contributed by atoms with Crippen LogP contribution < -0.4 is 5.32 Å². The first-order chi connectivity index (χ1) is 15.7. The Bertz CT molecular complexity index is 1080. The highest BCUT2D eigenvalue weighted by molar-refractivity contribution is 6.30. The van der Waals surface area contributed by atoms with Gasteiger partial charge in [0.2, 0.25) is 0 Å². The lowest BCUT2D eigenvalue weighted by Crippen LogP contribution is -2.57. The Morgan fingerprint density at radius 2 is 2.06 bits per heavy atom. The van der Waals surface area contributed by atoms with Crippen LogP contribution in [0.3, 0.4) is 0 Å². The van der Waals surface area contributed by atoms with Gasteiger partial charge in [-0.1, -0.05) is 11.6 Å². The van der Waals surface area contributed by atoms with E-state index in [0.29, 0.717) is 0 Å². The number of methoxy groups -OCH3 is 1. The fraction of sp³-hybridized carbons (Fsp3) is 0.400. The molecule has 2 fully saturated rings. The number of carbonyl (C=O) groups is 2. The van der Waals surface area contributed by atoms with Crippen molar-refractivity contribution in [3.8, 4) is 0 Å². The second-order valence-electron chi connectivity index (χ2n) is 7.66. The third-order valence-electron chi connectivity index (χ3n) is 5.67. The van der Waals surface area contributed by atoms with Gasteiger partial charge in [-0.3, -0.25) is 14.6 Å². The zero-order chi connectivity index (χ0) is 24.0. The van der Waals surface area contributed by atoms with E-state index in [1.807, 2.05) is 0 Å². The number of aliphatic hydroxyl groups excluding tert-OH is 3. The number of hydrogen-bond donors (Lipinski definition) is 4. The second-order valence-corrected chi connectivity index (χ2v) is 8.07. The van der Waals surface area contributed by atoms with Gasteiger partial charge in [0.05, 0.1) is 36.1 Å². The first-order valence-corrected chi connectivity index (χ1v) is 10.3. The molecule has 13 heteroatoms. The van der Waals surface area contributed by atoms with E-state index in [4.69, 9.17) is 16.3 Å². The smallest absolute Gasteiger partial charge is 0.276 e. The van der Waals surface area contributed by atoms with E-state index in [9.17, 15) is 33.7 Å². The summed E-state index contributed by atoms with van der Waals surface area (Å²) in [5.41, 5.74) is -1.32. The van der Waals surface area contributed by atoms with Crippen LogP contribution in [0.5, 0.6) is 0 Å². The van der Waals surface area contributed by atoms with Gasteiger partial charge in [-0.05, 0) is 12.1 Å². The van der Waals surface area contributed by atoms with Crippen molar-refractivity contribution in [3.63, 3.8) is 0 Å². The van der Waals surface area contributed by atoms with Crippen LogP contribution in [0, 0.1) is 11.6 Å². The minimum atomic E-state index is -1.94. The summed E-state index contributed by atoms with van der Waals surface area (Å²) in [5.74, 6) is -4.37. The molecule has 2 amide bonds. The van der Waals surface area contributed by atoms with E-state index in [-0.39, 0.29) is 42.8 Å². The molecule has 4 rings (SSSR count). The highest BCUT2D eigenvalue weighted by Gasteiger charge is 2.52. The normalized spacial score (nSPS) is 22.9. The minimum absolute atomic E-state index is 0.0239. The molecule has 1 aromatic rings. The van der Waals surface area contributed by atoms with E-state index in [0.717, 1.165) is 12.1 Å². The van der Waals surface area contributed by atoms with Gasteiger partial charge >= 0.3 is 0 Å². The number of benzene rings is 1. The van der Waals surface area contributed by atoms with Gasteiger partial charge in [0.15, 0.2) is 11.5 Å². The molecule has 33 heavy (non-hydrogen) atoms. The predicted molar refractivity (Wildman–Crippen MR) is 109 cm³/mol. The van der Waals surface area contributed by atoms with Crippen molar-refractivity contribution in [2.75, 3.05) is 33.5 Å². The van der Waals surface area contributed by atoms with Crippen LogP contribution in [0.1, 0.15) is 5.56 Å². The first kappa shape index (κ1) is 23.4. The van der Waals surface area contributed by atoms with E-state index in [1.54, 1.807) is 0 Å². The van der Waals surface area contributed by atoms with Crippen molar-refractivity contribution >= 4 is 23.4 Å². The maximum Gasteiger partial charge on any atom is 0.276 e. The first-order valence-electron chi connectivity index (χ1n) is 9.94. The number of hydrazine groups is 1. The fourth-order valence-corrected chi connectivity index (χ4v) is 4.25. The van der Waals surface area contributed by atoms with Crippen molar-refractivity contribution < 1.29 is 38.4 Å².